The number of nitrogens with zero attached hydrogens (tertiary/aromatic N) is 4. The summed E-state index contributed by atoms with van der Waals surface area (Å²) in [4.78, 5) is 18.7. The second-order valence-corrected chi connectivity index (χ2v) is 5.37. The number of hydrogen-bond acceptors (Lipinski definition) is 5. The zero-order valence-corrected chi connectivity index (χ0v) is 11.4. The Bertz CT molecular complexity index is 817. The van der Waals surface area contributed by atoms with Gasteiger partial charge in [-0.1, -0.05) is 23.5 Å². The van der Waals surface area contributed by atoms with Gasteiger partial charge in [-0.2, -0.15) is 9.61 Å². The van der Waals surface area contributed by atoms with Crippen molar-refractivity contribution >= 4 is 28.1 Å². The lowest BCUT2D eigenvalue weighted by atomic mass is 10.2. The number of anilines is 1. The highest BCUT2D eigenvalue weighted by atomic mass is 32.1. The van der Waals surface area contributed by atoms with Crippen molar-refractivity contribution in [2.75, 3.05) is 19.0 Å². The number of fused-ring (bicyclic) bond motifs is 1. The molecule has 1 aromatic carbocycles. The zero-order chi connectivity index (χ0) is 13.4. The molecule has 5 nitrogen and oxygen atoms in total. The van der Waals surface area contributed by atoms with Crippen molar-refractivity contribution in [1.82, 2.24) is 14.6 Å². The molecule has 2 heterocycles. The quantitative estimate of drug-likeness (QED) is 0.691. The van der Waals surface area contributed by atoms with Crippen LogP contribution in [-0.4, -0.2) is 28.7 Å². The maximum atomic E-state index is 12.0. The van der Waals surface area contributed by atoms with E-state index in [9.17, 15) is 4.79 Å². The van der Waals surface area contributed by atoms with E-state index >= 15 is 0 Å². The van der Waals surface area contributed by atoms with E-state index in [0.29, 0.717) is 9.49 Å². The molecular formula is C13H12N4OS. The highest BCUT2D eigenvalue weighted by Gasteiger charge is 2.04. The Morgan fingerprint density at radius 1 is 1.26 bits per heavy atom. The molecule has 3 aromatic rings. The van der Waals surface area contributed by atoms with Crippen molar-refractivity contribution in [3.63, 3.8) is 0 Å². The number of benzene rings is 1. The predicted molar refractivity (Wildman–Crippen MR) is 76.7 cm³/mol. The molecule has 0 radical (unpaired) electrons. The normalized spacial score (nSPS) is 12.2. The topological polar surface area (TPSA) is 50.5 Å². The minimum absolute atomic E-state index is 0.116. The summed E-state index contributed by atoms with van der Waals surface area (Å²) in [5.41, 5.74) is 2.00. The SMILES string of the molecule is CN(C)c1ccc(/C=c2/sc3ncnn3c2=O)cc1. The van der Waals surface area contributed by atoms with Crippen molar-refractivity contribution in [2.24, 2.45) is 0 Å². The molecule has 0 unspecified atom stereocenters. The molecule has 19 heavy (non-hydrogen) atoms. The number of aromatic nitrogens is 3. The molecule has 96 valence electrons. The van der Waals surface area contributed by atoms with E-state index in [2.05, 4.69) is 10.1 Å². The fourth-order valence-electron chi connectivity index (χ4n) is 1.80. The third-order valence-electron chi connectivity index (χ3n) is 2.83. The lowest BCUT2D eigenvalue weighted by molar-refractivity contribution is 0.932. The predicted octanol–water partition coefficient (Wildman–Crippen LogP) is 0.765. The highest BCUT2D eigenvalue weighted by Crippen LogP contribution is 2.12. The molecule has 0 N–H and O–H groups in total. The average Bonchev–Trinajstić information content (AvgIpc) is 2.95. The summed E-state index contributed by atoms with van der Waals surface area (Å²) in [7, 11) is 3.99. The van der Waals surface area contributed by atoms with Gasteiger partial charge in [0.15, 0.2) is 0 Å². The molecule has 0 saturated carbocycles. The Kier molecular flexibility index (Phi) is 2.79. The summed E-state index contributed by atoms with van der Waals surface area (Å²) < 4.78 is 1.97. The van der Waals surface area contributed by atoms with Crippen molar-refractivity contribution in [3.05, 3.63) is 51.0 Å². The van der Waals surface area contributed by atoms with E-state index in [1.54, 1.807) is 0 Å². The second kappa shape index (κ2) is 4.47. The zero-order valence-electron chi connectivity index (χ0n) is 10.6. The van der Waals surface area contributed by atoms with Crippen LogP contribution in [0, 0.1) is 0 Å². The summed E-state index contributed by atoms with van der Waals surface area (Å²) in [6, 6.07) is 8.02. The van der Waals surface area contributed by atoms with E-state index in [1.165, 1.54) is 22.2 Å². The van der Waals surface area contributed by atoms with Gasteiger partial charge in [-0.3, -0.25) is 4.79 Å². The van der Waals surface area contributed by atoms with Crippen LogP contribution in [0.3, 0.4) is 0 Å². The van der Waals surface area contributed by atoms with Crippen LogP contribution >= 0.6 is 11.3 Å². The first kappa shape index (κ1) is 11.9. The van der Waals surface area contributed by atoms with Crippen LogP contribution in [0.4, 0.5) is 5.69 Å². The molecule has 2 aromatic heterocycles. The van der Waals surface area contributed by atoms with Crippen LogP contribution in [-0.2, 0) is 0 Å². The first-order valence-electron chi connectivity index (χ1n) is 5.77. The third-order valence-corrected chi connectivity index (χ3v) is 3.80. The maximum Gasteiger partial charge on any atom is 0.291 e. The van der Waals surface area contributed by atoms with Crippen LogP contribution in [0.15, 0.2) is 35.4 Å². The molecule has 0 aliphatic carbocycles. The van der Waals surface area contributed by atoms with Gasteiger partial charge in [0.25, 0.3) is 5.56 Å². The van der Waals surface area contributed by atoms with Gasteiger partial charge < -0.3 is 4.90 Å². The number of rotatable bonds is 2. The fourth-order valence-corrected chi connectivity index (χ4v) is 2.68. The summed E-state index contributed by atoms with van der Waals surface area (Å²) in [6.45, 7) is 0. The monoisotopic (exact) mass is 272 g/mol. The maximum absolute atomic E-state index is 12.0. The molecule has 0 amide bonds. The summed E-state index contributed by atoms with van der Waals surface area (Å²) >= 11 is 1.35. The van der Waals surface area contributed by atoms with Crippen LogP contribution in [0.25, 0.3) is 11.0 Å². The van der Waals surface area contributed by atoms with Crippen molar-refractivity contribution < 1.29 is 0 Å². The molecule has 6 heteroatoms. The van der Waals surface area contributed by atoms with Crippen LogP contribution in [0.2, 0.25) is 0 Å². The minimum atomic E-state index is -0.116. The van der Waals surface area contributed by atoms with Gasteiger partial charge >= 0.3 is 0 Å². The largest absolute Gasteiger partial charge is 0.378 e. The van der Waals surface area contributed by atoms with Gasteiger partial charge in [0.1, 0.15) is 6.33 Å². The first-order chi connectivity index (χ1) is 9.15. The Labute approximate surface area is 113 Å². The molecular weight excluding hydrogens is 260 g/mol. The molecule has 0 bridgehead atoms. The average molecular weight is 272 g/mol. The lowest BCUT2D eigenvalue weighted by Gasteiger charge is -2.11. The first-order valence-corrected chi connectivity index (χ1v) is 6.58. The standard InChI is InChI=1S/C13H12N4OS/c1-16(2)10-5-3-9(4-6-10)7-11-12(18)17-13(19-11)14-8-15-17/h3-8H,1-2H3/b11-7+. The van der Waals surface area contributed by atoms with E-state index < -0.39 is 0 Å². The van der Waals surface area contributed by atoms with Crippen molar-refractivity contribution in [2.45, 2.75) is 0 Å². The Morgan fingerprint density at radius 2 is 2.00 bits per heavy atom. The highest BCUT2D eigenvalue weighted by molar-refractivity contribution is 7.15. The van der Waals surface area contributed by atoms with Crippen LogP contribution in [0.5, 0.6) is 0 Å². The Hall–Kier alpha value is -2.21. The molecule has 0 fully saturated rings. The van der Waals surface area contributed by atoms with Gasteiger partial charge in [-0.15, -0.1) is 0 Å². The lowest BCUT2D eigenvalue weighted by Crippen LogP contribution is -2.23. The Morgan fingerprint density at radius 3 is 2.63 bits per heavy atom. The summed E-state index contributed by atoms with van der Waals surface area (Å²) in [5.74, 6) is 0. The minimum Gasteiger partial charge on any atom is -0.378 e. The summed E-state index contributed by atoms with van der Waals surface area (Å²) in [6.07, 6.45) is 3.26. The number of thiazole rings is 1. The van der Waals surface area contributed by atoms with E-state index in [4.69, 9.17) is 0 Å². The molecule has 3 rings (SSSR count). The molecule has 0 atom stereocenters. The fraction of sp³-hybridized carbons (Fsp3) is 0.154. The molecule has 0 spiro atoms. The van der Waals surface area contributed by atoms with Gasteiger partial charge in [-0.25, -0.2) is 4.98 Å². The second-order valence-electron chi connectivity index (χ2n) is 4.36. The van der Waals surface area contributed by atoms with Gasteiger partial charge in [0.2, 0.25) is 4.96 Å². The molecule has 0 aliphatic heterocycles. The number of hydrogen-bond donors (Lipinski definition) is 0. The molecule has 0 saturated heterocycles. The smallest absolute Gasteiger partial charge is 0.291 e. The van der Waals surface area contributed by atoms with Gasteiger partial charge in [0, 0.05) is 19.8 Å². The van der Waals surface area contributed by atoms with Gasteiger partial charge in [0.05, 0.1) is 4.53 Å². The van der Waals surface area contributed by atoms with Crippen molar-refractivity contribution in [1.29, 1.82) is 0 Å². The molecule has 0 aliphatic rings. The van der Waals surface area contributed by atoms with E-state index in [1.807, 2.05) is 49.3 Å². The third kappa shape index (κ3) is 2.10. The van der Waals surface area contributed by atoms with E-state index in [-0.39, 0.29) is 5.56 Å². The van der Waals surface area contributed by atoms with Crippen LogP contribution in [0.1, 0.15) is 5.56 Å². The van der Waals surface area contributed by atoms with Gasteiger partial charge in [-0.05, 0) is 23.8 Å². The van der Waals surface area contributed by atoms with Crippen LogP contribution < -0.4 is 15.0 Å². The van der Waals surface area contributed by atoms with E-state index in [0.717, 1.165) is 11.3 Å². The van der Waals surface area contributed by atoms with Crippen molar-refractivity contribution in [3.8, 4) is 0 Å². The Balaban J connectivity index is 2.07. The summed E-state index contributed by atoms with van der Waals surface area (Å²) in [5, 5.41) is 3.89.